The number of H-pyrrole nitrogens is 1. The van der Waals surface area contributed by atoms with Crippen molar-refractivity contribution >= 4 is 43.9 Å². The molecule has 0 aliphatic heterocycles. The van der Waals surface area contributed by atoms with Crippen molar-refractivity contribution in [2.45, 2.75) is 18.4 Å². The van der Waals surface area contributed by atoms with Crippen molar-refractivity contribution < 1.29 is 27.4 Å². The van der Waals surface area contributed by atoms with Gasteiger partial charge in [-0.25, -0.2) is 23.2 Å². The highest BCUT2D eigenvalue weighted by molar-refractivity contribution is 7.90. The van der Waals surface area contributed by atoms with Gasteiger partial charge >= 0.3 is 5.97 Å². The molecule has 0 bridgehead atoms. The molecule has 5 aromatic rings. The van der Waals surface area contributed by atoms with Gasteiger partial charge in [0.15, 0.2) is 14.9 Å². The van der Waals surface area contributed by atoms with Crippen LogP contribution < -0.4 is 4.74 Å². The first-order chi connectivity index (χ1) is 20.1. The van der Waals surface area contributed by atoms with E-state index in [1.54, 1.807) is 18.2 Å². The van der Waals surface area contributed by atoms with Gasteiger partial charge in [-0.05, 0) is 70.2 Å². The summed E-state index contributed by atoms with van der Waals surface area (Å²) >= 11 is 0. The molecule has 2 aromatic heterocycles. The molecule has 11 heteroatoms. The molecule has 0 aliphatic carbocycles. The smallest absolute Gasteiger partial charge is 0.328 e. The van der Waals surface area contributed by atoms with Crippen LogP contribution in [-0.2, 0) is 14.6 Å². The van der Waals surface area contributed by atoms with Crippen molar-refractivity contribution in [3.8, 4) is 11.6 Å². The molecule has 0 unspecified atom stereocenters. The highest BCUT2D eigenvalue weighted by Crippen LogP contribution is 2.37. The number of aromatic amines is 1. The molecule has 5 rings (SSSR count). The Morgan fingerprint density at radius 1 is 1.00 bits per heavy atom. The molecule has 2 heterocycles. The number of nitrogens with zero attached hydrogens (tertiary/aromatic N) is 3. The number of aromatic nitrogens is 4. The molecular formula is C31H25FN4O5S. The van der Waals surface area contributed by atoms with Gasteiger partial charge in [0, 0.05) is 12.3 Å². The Bertz CT molecular complexity index is 1950. The van der Waals surface area contributed by atoms with Gasteiger partial charge in [0.25, 0.3) is 0 Å². The van der Waals surface area contributed by atoms with E-state index in [4.69, 9.17) is 9.84 Å². The van der Waals surface area contributed by atoms with Gasteiger partial charge in [0.05, 0.1) is 23.3 Å². The Morgan fingerprint density at radius 2 is 1.76 bits per heavy atom. The normalized spacial score (nSPS) is 12.5. The van der Waals surface area contributed by atoms with Crippen molar-refractivity contribution in [3.63, 3.8) is 0 Å². The van der Waals surface area contributed by atoms with Crippen LogP contribution in [0.5, 0.6) is 11.6 Å². The van der Waals surface area contributed by atoms with Gasteiger partial charge in [-0.15, -0.1) is 0 Å². The Morgan fingerprint density at radius 3 is 2.43 bits per heavy atom. The van der Waals surface area contributed by atoms with Crippen LogP contribution in [0.25, 0.3) is 28.1 Å². The molecule has 0 atom stereocenters. The second-order valence-electron chi connectivity index (χ2n) is 9.37. The van der Waals surface area contributed by atoms with Crippen LogP contribution in [0.2, 0.25) is 0 Å². The van der Waals surface area contributed by atoms with Gasteiger partial charge in [-0.3, -0.25) is 5.10 Å². The van der Waals surface area contributed by atoms with Crippen LogP contribution in [0, 0.1) is 5.95 Å². The summed E-state index contributed by atoms with van der Waals surface area (Å²) in [5.74, 6) is -0.975. The first-order valence-electron chi connectivity index (χ1n) is 12.8. The second kappa shape index (κ2) is 11.8. The predicted molar refractivity (Wildman–Crippen MR) is 157 cm³/mol. The van der Waals surface area contributed by atoms with E-state index in [0.29, 0.717) is 28.6 Å². The van der Waals surface area contributed by atoms with E-state index < -0.39 is 21.8 Å². The topological polar surface area (TPSA) is 135 Å². The molecule has 212 valence electrons. The van der Waals surface area contributed by atoms with E-state index in [1.807, 2.05) is 55.5 Å². The third-order valence-corrected chi connectivity index (χ3v) is 7.43. The summed E-state index contributed by atoms with van der Waals surface area (Å²) in [4.78, 5) is 18.9. The fourth-order valence-corrected chi connectivity index (χ4v) is 5.01. The van der Waals surface area contributed by atoms with Crippen LogP contribution in [-0.4, -0.2) is 45.9 Å². The van der Waals surface area contributed by atoms with E-state index in [1.165, 1.54) is 12.3 Å². The number of ether oxygens (including phenoxy) is 1. The Balaban J connectivity index is 1.61. The molecule has 0 fully saturated rings. The Labute approximate surface area is 241 Å². The summed E-state index contributed by atoms with van der Waals surface area (Å²) in [5.41, 5.74) is 5.46. The number of hydrogen-bond donors (Lipinski definition) is 2. The number of carboxylic acids is 1. The lowest BCUT2D eigenvalue weighted by Gasteiger charge is -2.17. The minimum atomic E-state index is -3.49. The molecule has 0 aliphatic rings. The third kappa shape index (κ3) is 6.26. The maximum Gasteiger partial charge on any atom is 0.328 e. The van der Waals surface area contributed by atoms with Gasteiger partial charge in [0.1, 0.15) is 5.75 Å². The summed E-state index contributed by atoms with van der Waals surface area (Å²) in [5, 5.41) is 15.6. The van der Waals surface area contributed by atoms with Crippen LogP contribution in [0.4, 0.5) is 4.39 Å². The number of benzene rings is 3. The van der Waals surface area contributed by atoms with Crippen LogP contribution in [0.15, 0.2) is 90.2 Å². The number of sulfone groups is 1. The number of carboxylic acid groups (broad SMARTS) is 1. The fraction of sp³-hybridized carbons (Fsp3) is 0.0968. The first kappa shape index (κ1) is 28.4. The number of allylic oxidation sites excluding steroid dienone is 1. The van der Waals surface area contributed by atoms with Crippen molar-refractivity contribution in [2.75, 3.05) is 6.26 Å². The lowest BCUT2D eigenvalue weighted by molar-refractivity contribution is -0.131. The van der Waals surface area contributed by atoms with Gasteiger partial charge in [-0.2, -0.15) is 9.49 Å². The zero-order valence-electron chi connectivity index (χ0n) is 22.6. The molecule has 9 nitrogen and oxygen atoms in total. The highest BCUT2D eigenvalue weighted by Gasteiger charge is 2.17. The maximum atomic E-state index is 14.5. The molecule has 0 radical (unpaired) electrons. The largest absolute Gasteiger partial charge is 0.478 e. The number of halogens is 1. The van der Waals surface area contributed by atoms with Crippen molar-refractivity contribution in [2.24, 2.45) is 0 Å². The standard InChI is InChI=1S/C31H25FN4O5S/c1-3-24(21-5-4-6-23(15-21)41-27-17-34-28(18-33-27)42(2,39)40)30(20-10-7-19(8-11-20)9-14-29(37)38)22-12-13-26-25(16-22)31(32)36-35-26/h4-18H,3H2,1-2H3,(H,35,36)(H,37,38)/b14-9+,30-24?. The molecule has 3 aromatic carbocycles. The summed E-state index contributed by atoms with van der Waals surface area (Å²) < 4.78 is 43.8. The average Bonchev–Trinajstić information content (AvgIpc) is 3.35. The predicted octanol–water partition coefficient (Wildman–Crippen LogP) is 6.15. The quantitative estimate of drug-likeness (QED) is 0.155. The SMILES string of the molecule is CCC(=C(c1ccc(/C=C/C(=O)O)cc1)c1ccc2n[nH]c(F)c2c1)c1cccc(Oc2cnc(S(C)(=O)=O)cn2)c1. The first-order valence-corrected chi connectivity index (χ1v) is 14.7. The zero-order valence-corrected chi connectivity index (χ0v) is 23.4. The summed E-state index contributed by atoms with van der Waals surface area (Å²) in [6.45, 7) is 2.01. The van der Waals surface area contributed by atoms with Crippen LogP contribution in [0.1, 0.15) is 35.6 Å². The van der Waals surface area contributed by atoms with Gasteiger partial charge in [0.2, 0.25) is 11.8 Å². The Kier molecular flexibility index (Phi) is 7.94. The lowest BCUT2D eigenvalue weighted by Crippen LogP contribution is -2.01. The molecule has 42 heavy (non-hydrogen) atoms. The molecule has 0 saturated heterocycles. The minimum absolute atomic E-state index is 0.132. The van der Waals surface area contributed by atoms with E-state index in [-0.39, 0.29) is 10.9 Å². The minimum Gasteiger partial charge on any atom is -0.478 e. The Hall–Kier alpha value is -5.16. The maximum absolute atomic E-state index is 14.5. The van der Waals surface area contributed by atoms with Crippen LogP contribution >= 0.6 is 0 Å². The number of fused-ring (bicyclic) bond motifs is 1. The van der Waals surface area contributed by atoms with Crippen molar-refractivity contribution in [1.29, 1.82) is 0 Å². The summed E-state index contributed by atoms with van der Waals surface area (Å²) in [6, 6.07) is 20.1. The third-order valence-electron chi connectivity index (χ3n) is 6.46. The zero-order chi connectivity index (χ0) is 29.9. The lowest BCUT2D eigenvalue weighted by atomic mass is 9.87. The average molecular weight is 585 g/mol. The van der Waals surface area contributed by atoms with Crippen molar-refractivity contribution in [1.82, 2.24) is 20.2 Å². The fourth-order valence-electron chi connectivity index (χ4n) is 4.52. The molecule has 0 amide bonds. The number of nitrogens with one attached hydrogen (secondary N) is 1. The van der Waals surface area contributed by atoms with Gasteiger partial charge < -0.3 is 9.84 Å². The van der Waals surface area contributed by atoms with E-state index in [9.17, 15) is 17.6 Å². The molecule has 0 saturated carbocycles. The number of hydrogen-bond acceptors (Lipinski definition) is 7. The van der Waals surface area contributed by atoms with Crippen LogP contribution in [0.3, 0.4) is 0 Å². The molecule has 0 spiro atoms. The highest BCUT2D eigenvalue weighted by atomic mass is 32.2. The number of carbonyl (C=O) groups is 1. The van der Waals surface area contributed by atoms with E-state index in [0.717, 1.165) is 46.4 Å². The summed E-state index contributed by atoms with van der Waals surface area (Å²) in [7, 11) is -3.49. The summed E-state index contributed by atoms with van der Waals surface area (Å²) in [6.07, 6.45) is 6.63. The molecule has 2 N–H and O–H groups in total. The number of aliphatic carboxylic acids is 1. The van der Waals surface area contributed by atoms with E-state index in [2.05, 4.69) is 20.2 Å². The second-order valence-corrected chi connectivity index (χ2v) is 11.3. The molecular weight excluding hydrogens is 559 g/mol. The van der Waals surface area contributed by atoms with E-state index >= 15 is 0 Å². The van der Waals surface area contributed by atoms with Gasteiger partial charge in [-0.1, -0.05) is 49.4 Å². The number of rotatable bonds is 9. The monoisotopic (exact) mass is 584 g/mol. The van der Waals surface area contributed by atoms with Crippen molar-refractivity contribution in [3.05, 3.63) is 113 Å².